The second kappa shape index (κ2) is 11.4. The minimum absolute atomic E-state index is 0.0394. The molecule has 0 saturated heterocycles. The van der Waals surface area contributed by atoms with Crippen LogP contribution < -0.4 is 9.62 Å². The molecule has 35 heavy (non-hydrogen) atoms. The molecule has 0 radical (unpaired) electrons. The molecule has 0 saturated carbocycles. The number of carbonyl (C=O) groups excluding carboxylic acids is 2. The number of nitrogens with one attached hydrogen (secondary N) is 1. The Kier molecular flexibility index (Phi) is 8.53. The highest BCUT2D eigenvalue weighted by atomic mass is 35.5. The predicted molar refractivity (Wildman–Crippen MR) is 138 cm³/mol. The fraction of sp³-hybridized carbons (Fsp3) is 0.231. The molecule has 7 nitrogen and oxygen atoms in total. The van der Waals surface area contributed by atoms with Gasteiger partial charge in [0.1, 0.15) is 12.6 Å². The van der Waals surface area contributed by atoms with Gasteiger partial charge in [0.15, 0.2) is 0 Å². The first-order valence-electron chi connectivity index (χ1n) is 11.0. The van der Waals surface area contributed by atoms with Crippen molar-refractivity contribution in [3.8, 4) is 0 Å². The van der Waals surface area contributed by atoms with Crippen molar-refractivity contribution in [3.05, 3.63) is 95.0 Å². The Bertz CT molecular complexity index is 1300. The largest absolute Gasteiger partial charge is 0.357 e. The lowest BCUT2D eigenvalue weighted by molar-refractivity contribution is -0.139. The van der Waals surface area contributed by atoms with E-state index in [0.717, 1.165) is 15.4 Å². The number of amides is 2. The van der Waals surface area contributed by atoms with Crippen LogP contribution >= 0.6 is 11.6 Å². The predicted octanol–water partition coefficient (Wildman–Crippen LogP) is 4.01. The Labute approximate surface area is 211 Å². The van der Waals surface area contributed by atoms with Crippen molar-refractivity contribution in [2.24, 2.45) is 0 Å². The van der Waals surface area contributed by atoms with E-state index in [9.17, 15) is 18.0 Å². The lowest BCUT2D eigenvalue weighted by atomic mass is 10.1. The van der Waals surface area contributed by atoms with Crippen molar-refractivity contribution in [2.75, 3.05) is 17.9 Å². The van der Waals surface area contributed by atoms with Crippen LogP contribution in [0.4, 0.5) is 5.69 Å². The number of hydrogen-bond donors (Lipinski definition) is 1. The highest BCUT2D eigenvalue weighted by Gasteiger charge is 2.32. The van der Waals surface area contributed by atoms with E-state index in [1.165, 1.54) is 30.1 Å². The topological polar surface area (TPSA) is 86.8 Å². The van der Waals surface area contributed by atoms with Crippen molar-refractivity contribution < 1.29 is 18.0 Å². The number of rotatable bonds is 9. The first-order valence-corrected chi connectivity index (χ1v) is 12.9. The first-order chi connectivity index (χ1) is 16.6. The SMILES string of the molecule is CNC(=O)[C@@H](C)N(Cc1ccccc1C)C(=O)CN(c1cccc(Cl)c1)S(=O)(=O)c1ccccc1. The number of anilines is 1. The number of halogens is 1. The average molecular weight is 514 g/mol. The molecule has 3 rings (SSSR count). The molecule has 0 heterocycles. The van der Waals surface area contributed by atoms with E-state index in [2.05, 4.69) is 5.32 Å². The third-order valence-electron chi connectivity index (χ3n) is 5.72. The molecule has 0 aliphatic carbocycles. The molecule has 3 aromatic rings. The molecule has 3 aromatic carbocycles. The van der Waals surface area contributed by atoms with E-state index in [1.54, 1.807) is 43.3 Å². The average Bonchev–Trinajstić information content (AvgIpc) is 2.86. The first kappa shape index (κ1) is 26.2. The quantitative estimate of drug-likeness (QED) is 0.468. The van der Waals surface area contributed by atoms with Crippen molar-refractivity contribution in [2.45, 2.75) is 31.3 Å². The zero-order chi connectivity index (χ0) is 25.6. The summed E-state index contributed by atoms with van der Waals surface area (Å²) in [6.07, 6.45) is 0. The molecular formula is C26H28ClN3O4S. The molecule has 2 amide bonds. The summed E-state index contributed by atoms with van der Waals surface area (Å²) < 4.78 is 28.2. The van der Waals surface area contributed by atoms with E-state index in [-0.39, 0.29) is 23.0 Å². The third kappa shape index (κ3) is 6.21. The van der Waals surface area contributed by atoms with Crippen molar-refractivity contribution in [1.82, 2.24) is 10.2 Å². The molecule has 0 aliphatic heterocycles. The van der Waals surface area contributed by atoms with Gasteiger partial charge >= 0.3 is 0 Å². The number of nitrogens with zero attached hydrogens (tertiary/aromatic N) is 2. The molecule has 1 N–H and O–H groups in total. The van der Waals surface area contributed by atoms with E-state index in [0.29, 0.717) is 5.02 Å². The van der Waals surface area contributed by atoms with Crippen molar-refractivity contribution >= 4 is 39.1 Å². The Balaban J connectivity index is 2.04. The second-order valence-electron chi connectivity index (χ2n) is 8.04. The van der Waals surface area contributed by atoms with E-state index in [1.807, 2.05) is 31.2 Å². The normalized spacial score (nSPS) is 12.0. The third-order valence-corrected chi connectivity index (χ3v) is 7.75. The summed E-state index contributed by atoms with van der Waals surface area (Å²) in [5, 5.41) is 2.90. The molecule has 1 atom stereocenters. The van der Waals surface area contributed by atoms with Crippen LogP contribution in [0.25, 0.3) is 0 Å². The van der Waals surface area contributed by atoms with Gasteiger partial charge in [0.2, 0.25) is 11.8 Å². The van der Waals surface area contributed by atoms with Crippen molar-refractivity contribution in [1.29, 1.82) is 0 Å². The summed E-state index contributed by atoms with van der Waals surface area (Å²) in [6.45, 7) is 3.17. The number of carbonyl (C=O) groups is 2. The van der Waals surface area contributed by atoms with Gasteiger partial charge in [-0.25, -0.2) is 8.42 Å². The van der Waals surface area contributed by atoms with Gasteiger partial charge in [-0.1, -0.05) is 60.1 Å². The smallest absolute Gasteiger partial charge is 0.264 e. The Morgan fingerprint density at radius 2 is 1.63 bits per heavy atom. The van der Waals surface area contributed by atoms with Crippen LogP contribution in [0.15, 0.2) is 83.8 Å². The molecule has 0 aromatic heterocycles. The van der Waals surface area contributed by atoms with Crippen LogP contribution in [0, 0.1) is 6.92 Å². The number of hydrogen-bond acceptors (Lipinski definition) is 4. The molecule has 0 fully saturated rings. The minimum Gasteiger partial charge on any atom is -0.357 e. The van der Waals surface area contributed by atoms with Gasteiger partial charge in [-0.05, 0) is 55.3 Å². The van der Waals surface area contributed by atoms with Crippen LogP contribution in [0.3, 0.4) is 0 Å². The summed E-state index contributed by atoms with van der Waals surface area (Å²) in [5.74, 6) is -0.879. The summed E-state index contributed by atoms with van der Waals surface area (Å²) >= 11 is 6.15. The molecular weight excluding hydrogens is 486 g/mol. The Hall–Kier alpha value is -3.36. The molecule has 184 valence electrons. The fourth-order valence-electron chi connectivity index (χ4n) is 3.64. The second-order valence-corrected chi connectivity index (χ2v) is 10.3. The van der Waals surface area contributed by atoms with Gasteiger partial charge in [-0.15, -0.1) is 0 Å². The van der Waals surface area contributed by atoms with E-state index < -0.39 is 28.5 Å². The zero-order valence-electron chi connectivity index (χ0n) is 19.8. The van der Waals surface area contributed by atoms with Crippen LogP contribution in [-0.2, 0) is 26.2 Å². The molecule has 9 heteroatoms. The Morgan fingerprint density at radius 3 is 2.26 bits per heavy atom. The van der Waals surface area contributed by atoms with Gasteiger partial charge in [0.25, 0.3) is 10.0 Å². The van der Waals surface area contributed by atoms with Gasteiger partial charge in [-0.3, -0.25) is 13.9 Å². The lowest BCUT2D eigenvalue weighted by Crippen LogP contribution is -2.50. The van der Waals surface area contributed by atoms with Crippen molar-refractivity contribution in [3.63, 3.8) is 0 Å². The highest BCUT2D eigenvalue weighted by Crippen LogP contribution is 2.27. The summed E-state index contributed by atoms with van der Waals surface area (Å²) in [7, 11) is -2.61. The number of likely N-dealkylation sites (N-methyl/N-ethyl adjacent to an activating group) is 1. The highest BCUT2D eigenvalue weighted by molar-refractivity contribution is 7.92. The van der Waals surface area contributed by atoms with Gasteiger partial charge < -0.3 is 10.2 Å². The maximum atomic E-state index is 13.7. The molecule has 0 unspecified atom stereocenters. The minimum atomic E-state index is -4.11. The molecule has 0 aliphatic rings. The summed E-state index contributed by atoms with van der Waals surface area (Å²) in [4.78, 5) is 27.6. The number of aryl methyl sites for hydroxylation is 1. The van der Waals surface area contributed by atoms with Crippen LogP contribution in [0.1, 0.15) is 18.1 Å². The van der Waals surface area contributed by atoms with E-state index in [4.69, 9.17) is 11.6 Å². The summed E-state index contributed by atoms with van der Waals surface area (Å²) in [5.41, 5.74) is 2.06. The number of sulfonamides is 1. The fourth-order valence-corrected chi connectivity index (χ4v) is 5.25. The number of benzene rings is 3. The maximum absolute atomic E-state index is 13.7. The Morgan fingerprint density at radius 1 is 0.971 bits per heavy atom. The zero-order valence-corrected chi connectivity index (χ0v) is 21.4. The van der Waals surface area contributed by atoms with Gasteiger partial charge in [0.05, 0.1) is 10.6 Å². The standard InChI is InChI=1S/C26H28ClN3O4S/c1-19-10-7-8-11-21(19)17-29(20(2)26(32)28-3)25(31)18-30(23-13-9-12-22(27)16-23)35(33,34)24-14-5-4-6-15-24/h4-16,20H,17-18H2,1-3H3,(H,28,32)/t20-/m1/s1. The molecule has 0 spiro atoms. The van der Waals surface area contributed by atoms with Gasteiger partial charge in [0, 0.05) is 18.6 Å². The monoisotopic (exact) mass is 513 g/mol. The van der Waals surface area contributed by atoms with E-state index >= 15 is 0 Å². The lowest BCUT2D eigenvalue weighted by Gasteiger charge is -2.32. The van der Waals surface area contributed by atoms with Gasteiger partial charge in [-0.2, -0.15) is 0 Å². The van der Waals surface area contributed by atoms with Crippen LogP contribution in [0.2, 0.25) is 5.02 Å². The maximum Gasteiger partial charge on any atom is 0.264 e. The van der Waals surface area contributed by atoms with Crippen LogP contribution in [-0.4, -0.2) is 44.8 Å². The molecule has 0 bridgehead atoms. The van der Waals surface area contributed by atoms with Crippen LogP contribution in [0.5, 0.6) is 0 Å². The summed E-state index contributed by atoms with van der Waals surface area (Å²) in [6, 6.07) is 20.9.